The van der Waals surface area contributed by atoms with Gasteiger partial charge in [0, 0.05) is 38.0 Å². The predicted octanol–water partition coefficient (Wildman–Crippen LogP) is 4.58. The number of nitrogens with two attached hydrogens (primary N) is 1. The van der Waals surface area contributed by atoms with Gasteiger partial charge in [-0.05, 0) is 76.1 Å². The van der Waals surface area contributed by atoms with Gasteiger partial charge in [0.2, 0.25) is 5.91 Å². The molecule has 1 aliphatic heterocycles. The summed E-state index contributed by atoms with van der Waals surface area (Å²) in [6, 6.07) is 7.09. The molecule has 0 radical (unpaired) electrons. The smallest absolute Gasteiger partial charge is 0.410 e. The first-order chi connectivity index (χ1) is 17.5. The van der Waals surface area contributed by atoms with Crippen LogP contribution in [0.1, 0.15) is 70.4 Å². The normalized spacial score (nSPS) is 17.8. The molecule has 9 nitrogen and oxygen atoms in total. The molecule has 4 N–H and O–H groups in total. The number of pyridine rings is 1. The minimum absolute atomic E-state index is 0.0456. The molecular formula is C28H38N4O5. The Bertz CT molecular complexity index is 1160. The van der Waals surface area contributed by atoms with Crippen LogP contribution < -0.4 is 15.8 Å². The number of aromatic nitrogens is 1. The number of carbonyl (C=O) groups excluding carboxylic acids is 2. The number of benzene rings is 1. The molecule has 1 aromatic carbocycles. The Morgan fingerprint density at radius 1 is 1.24 bits per heavy atom. The second-order valence-corrected chi connectivity index (χ2v) is 11.0. The minimum Gasteiger partial charge on any atom is -0.507 e. The number of nitrogens with one attached hydrogen (secondary N) is 1. The van der Waals surface area contributed by atoms with Crippen LogP contribution in [0.25, 0.3) is 11.3 Å². The summed E-state index contributed by atoms with van der Waals surface area (Å²) < 4.78 is 11.7. The van der Waals surface area contributed by atoms with Crippen molar-refractivity contribution in [3.8, 4) is 22.8 Å². The molecule has 2 amide bonds. The van der Waals surface area contributed by atoms with E-state index in [9.17, 15) is 14.7 Å². The molecule has 37 heavy (non-hydrogen) atoms. The maximum absolute atomic E-state index is 12.8. The van der Waals surface area contributed by atoms with E-state index >= 15 is 0 Å². The Morgan fingerprint density at radius 2 is 2.00 bits per heavy atom. The number of amides is 2. The zero-order chi connectivity index (χ0) is 26.7. The Morgan fingerprint density at radius 3 is 2.68 bits per heavy atom. The molecule has 200 valence electrons. The zero-order valence-corrected chi connectivity index (χ0v) is 22.2. The van der Waals surface area contributed by atoms with Crippen molar-refractivity contribution in [3.63, 3.8) is 0 Å². The van der Waals surface area contributed by atoms with E-state index in [0.29, 0.717) is 48.2 Å². The number of hydrogen-bond donors (Lipinski definition) is 3. The second kappa shape index (κ2) is 10.9. The molecule has 0 spiro atoms. The van der Waals surface area contributed by atoms with Crippen LogP contribution >= 0.6 is 0 Å². The fourth-order valence-electron chi connectivity index (χ4n) is 4.62. The molecule has 1 saturated carbocycles. The van der Waals surface area contributed by atoms with Gasteiger partial charge in [-0.1, -0.05) is 6.07 Å². The number of anilines is 1. The molecular weight excluding hydrogens is 472 g/mol. The van der Waals surface area contributed by atoms with Crippen molar-refractivity contribution in [3.05, 3.63) is 35.4 Å². The third-order valence-electron chi connectivity index (χ3n) is 6.65. The summed E-state index contributed by atoms with van der Waals surface area (Å²) >= 11 is 0. The highest BCUT2D eigenvalue weighted by Gasteiger charge is 2.31. The average molecular weight is 511 g/mol. The molecule has 1 unspecified atom stereocenters. The molecule has 2 aliphatic rings. The molecule has 2 heterocycles. The molecule has 1 saturated heterocycles. The van der Waals surface area contributed by atoms with Crippen molar-refractivity contribution in [2.24, 2.45) is 5.92 Å². The van der Waals surface area contributed by atoms with Gasteiger partial charge in [0.1, 0.15) is 22.9 Å². The van der Waals surface area contributed by atoms with E-state index in [4.69, 9.17) is 15.2 Å². The number of nitrogens with zero attached hydrogens (tertiary/aromatic N) is 2. The van der Waals surface area contributed by atoms with Gasteiger partial charge in [-0.15, -0.1) is 0 Å². The summed E-state index contributed by atoms with van der Waals surface area (Å²) in [5.74, 6) is 1.20. The summed E-state index contributed by atoms with van der Waals surface area (Å²) in [7, 11) is 0. The third-order valence-corrected chi connectivity index (χ3v) is 6.65. The molecule has 0 bridgehead atoms. The lowest BCUT2D eigenvalue weighted by Gasteiger charge is -2.35. The summed E-state index contributed by atoms with van der Waals surface area (Å²) in [5, 5.41) is 13.6. The van der Waals surface area contributed by atoms with Crippen molar-refractivity contribution >= 4 is 17.8 Å². The average Bonchev–Trinajstić information content (AvgIpc) is 3.65. The number of piperidine rings is 1. The molecule has 2 aromatic rings. The highest BCUT2D eigenvalue weighted by atomic mass is 16.6. The van der Waals surface area contributed by atoms with Gasteiger partial charge in [-0.25, -0.2) is 9.78 Å². The molecule has 9 heteroatoms. The Balaban J connectivity index is 1.71. The molecule has 4 rings (SSSR count). The molecule has 1 aromatic heterocycles. The van der Waals surface area contributed by atoms with Crippen LogP contribution in [-0.4, -0.2) is 52.3 Å². The Hall–Kier alpha value is -3.49. The van der Waals surface area contributed by atoms with Gasteiger partial charge in [0.05, 0.1) is 17.9 Å². The van der Waals surface area contributed by atoms with Gasteiger partial charge >= 0.3 is 6.09 Å². The molecule has 1 aliphatic carbocycles. The highest BCUT2D eigenvalue weighted by molar-refractivity contribution is 5.77. The quantitative estimate of drug-likeness (QED) is 0.498. The fourth-order valence-corrected chi connectivity index (χ4v) is 4.62. The Labute approximate surface area is 218 Å². The van der Waals surface area contributed by atoms with Gasteiger partial charge in [0.25, 0.3) is 0 Å². The van der Waals surface area contributed by atoms with Crippen molar-refractivity contribution < 1.29 is 24.2 Å². The monoisotopic (exact) mass is 510 g/mol. The summed E-state index contributed by atoms with van der Waals surface area (Å²) in [6.45, 7) is 8.88. The number of nitrogen functional groups attached to an aromatic ring is 1. The zero-order valence-electron chi connectivity index (χ0n) is 22.2. The van der Waals surface area contributed by atoms with E-state index in [2.05, 4.69) is 10.3 Å². The minimum atomic E-state index is -0.587. The van der Waals surface area contributed by atoms with Crippen LogP contribution in [0, 0.1) is 5.92 Å². The van der Waals surface area contributed by atoms with E-state index in [1.54, 1.807) is 17.0 Å². The summed E-state index contributed by atoms with van der Waals surface area (Å²) in [6.07, 6.45) is 3.59. The lowest BCUT2D eigenvalue weighted by atomic mass is 9.86. The van der Waals surface area contributed by atoms with E-state index in [0.717, 1.165) is 31.2 Å². The lowest BCUT2D eigenvalue weighted by molar-refractivity contribution is -0.119. The van der Waals surface area contributed by atoms with Gasteiger partial charge < -0.3 is 30.5 Å². The van der Waals surface area contributed by atoms with E-state index in [-0.39, 0.29) is 36.0 Å². The van der Waals surface area contributed by atoms with Crippen LogP contribution in [0.4, 0.5) is 10.6 Å². The second-order valence-electron chi connectivity index (χ2n) is 11.0. The number of hydrogen-bond acceptors (Lipinski definition) is 7. The van der Waals surface area contributed by atoms with Crippen molar-refractivity contribution in [2.75, 3.05) is 25.4 Å². The molecule has 2 fully saturated rings. The topological polar surface area (TPSA) is 127 Å². The number of ether oxygens (including phenoxy) is 2. The number of phenols is 1. The van der Waals surface area contributed by atoms with Crippen LogP contribution in [0.2, 0.25) is 0 Å². The highest BCUT2D eigenvalue weighted by Crippen LogP contribution is 2.41. The van der Waals surface area contributed by atoms with Crippen LogP contribution in [0.3, 0.4) is 0 Å². The van der Waals surface area contributed by atoms with E-state index in [1.165, 1.54) is 6.92 Å². The number of phenolic OH excluding ortho intramolecular Hbond substituents is 1. The van der Waals surface area contributed by atoms with Gasteiger partial charge in [-0.2, -0.15) is 0 Å². The number of rotatable bonds is 7. The number of likely N-dealkylation sites (tertiary alicyclic amines) is 1. The number of aromatic hydroxyl groups is 1. The van der Waals surface area contributed by atoms with E-state index in [1.807, 2.05) is 32.9 Å². The maximum Gasteiger partial charge on any atom is 0.410 e. The SMILES string of the molecule is CC(=O)NCc1c(C2CCCN(C(=O)OC(C)(C)C)C2)cc(-c2c(O)cccc2OCC2CC2)nc1N. The fraction of sp³-hybridized carbons (Fsp3) is 0.536. The molecule has 1 atom stereocenters. The number of carbonyl (C=O) groups is 2. The van der Waals surface area contributed by atoms with Gasteiger partial charge in [-0.3, -0.25) is 4.79 Å². The Kier molecular flexibility index (Phi) is 7.80. The van der Waals surface area contributed by atoms with Crippen molar-refractivity contribution in [1.29, 1.82) is 0 Å². The largest absolute Gasteiger partial charge is 0.507 e. The summed E-state index contributed by atoms with van der Waals surface area (Å²) in [5.41, 5.74) is 8.47. The van der Waals surface area contributed by atoms with Crippen molar-refractivity contribution in [1.82, 2.24) is 15.2 Å². The summed E-state index contributed by atoms with van der Waals surface area (Å²) in [4.78, 5) is 30.9. The first kappa shape index (κ1) is 26.6. The van der Waals surface area contributed by atoms with Crippen molar-refractivity contribution in [2.45, 2.75) is 71.4 Å². The van der Waals surface area contributed by atoms with Crippen LogP contribution in [-0.2, 0) is 16.1 Å². The maximum atomic E-state index is 12.8. The van der Waals surface area contributed by atoms with Crippen LogP contribution in [0.15, 0.2) is 24.3 Å². The standard InChI is InChI=1S/C28H38N4O5/c1-17(33)30-14-21-20(19-7-6-12-32(15-19)27(35)37-28(2,3)4)13-22(31-26(21)29)25-23(34)8-5-9-24(25)36-16-18-10-11-18/h5,8-9,13,18-19,34H,6-7,10-12,14-16H2,1-4H3,(H2,29,31)(H,30,33). The predicted molar refractivity (Wildman–Crippen MR) is 141 cm³/mol. The van der Waals surface area contributed by atoms with Gasteiger partial charge in [0.15, 0.2) is 0 Å². The van der Waals surface area contributed by atoms with E-state index < -0.39 is 5.60 Å². The first-order valence-electron chi connectivity index (χ1n) is 13.0. The lowest BCUT2D eigenvalue weighted by Crippen LogP contribution is -2.42. The first-order valence-corrected chi connectivity index (χ1v) is 13.0. The third kappa shape index (κ3) is 6.84. The van der Waals surface area contributed by atoms with Crippen LogP contribution in [0.5, 0.6) is 11.5 Å².